The summed E-state index contributed by atoms with van der Waals surface area (Å²) in [6.07, 6.45) is 2.75. The Morgan fingerprint density at radius 1 is 1.22 bits per heavy atom. The maximum absolute atomic E-state index is 12.1. The fourth-order valence-corrected chi connectivity index (χ4v) is 3.07. The minimum Gasteiger partial charge on any atom is -0.465 e. The second kappa shape index (κ2) is 9.01. The zero-order chi connectivity index (χ0) is 16.7. The number of carbonyl (C=O) groups is 1. The topological polar surface area (TPSA) is 48.0 Å². The SMILES string of the molecule is CCOC(=O)C1CCCCN1Cc1ccc(C(OC)OC)cc1. The van der Waals surface area contributed by atoms with Gasteiger partial charge in [0.1, 0.15) is 6.04 Å². The Balaban J connectivity index is 2.02. The molecular formula is C18H27NO4. The number of ether oxygens (including phenoxy) is 3. The molecule has 0 aromatic heterocycles. The van der Waals surface area contributed by atoms with Crippen LogP contribution in [0.5, 0.6) is 0 Å². The summed E-state index contributed by atoms with van der Waals surface area (Å²) in [5.41, 5.74) is 2.16. The van der Waals surface area contributed by atoms with Crippen molar-refractivity contribution in [3.8, 4) is 0 Å². The van der Waals surface area contributed by atoms with Gasteiger partial charge >= 0.3 is 5.97 Å². The first kappa shape index (κ1) is 17.9. The third kappa shape index (κ3) is 4.77. The largest absolute Gasteiger partial charge is 0.465 e. The predicted molar refractivity (Wildman–Crippen MR) is 87.9 cm³/mol. The summed E-state index contributed by atoms with van der Waals surface area (Å²) in [7, 11) is 3.25. The van der Waals surface area contributed by atoms with Crippen LogP contribution in [0.15, 0.2) is 24.3 Å². The van der Waals surface area contributed by atoms with Crippen LogP contribution in [0.3, 0.4) is 0 Å². The van der Waals surface area contributed by atoms with Crippen LogP contribution in [0.25, 0.3) is 0 Å². The van der Waals surface area contributed by atoms with Crippen LogP contribution >= 0.6 is 0 Å². The van der Waals surface area contributed by atoms with Crippen LogP contribution in [-0.2, 0) is 25.5 Å². The summed E-state index contributed by atoms with van der Waals surface area (Å²) in [6, 6.07) is 8.04. The van der Waals surface area contributed by atoms with Crippen molar-refractivity contribution < 1.29 is 19.0 Å². The molecule has 0 bridgehead atoms. The van der Waals surface area contributed by atoms with E-state index in [1.54, 1.807) is 14.2 Å². The van der Waals surface area contributed by atoms with E-state index >= 15 is 0 Å². The van der Waals surface area contributed by atoms with Crippen molar-refractivity contribution in [1.82, 2.24) is 4.90 Å². The molecule has 1 aromatic carbocycles. The molecular weight excluding hydrogens is 294 g/mol. The molecule has 0 amide bonds. The molecule has 0 spiro atoms. The van der Waals surface area contributed by atoms with Crippen LogP contribution in [0.2, 0.25) is 0 Å². The number of benzene rings is 1. The van der Waals surface area contributed by atoms with E-state index in [1.807, 2.05) is 19.1 Å². The lowest BCUT2D eigenvalue weighted by Crippen LogP contribution is -2.44. The second-order valence-corrected chi connectivity index (χ2v) is 5.78. The van der Waals surface area contributed by atoms with Gasteiger partial charge in [-0.1, -0.05) is 30.7 Å². The predicted octanol–water partition coefficient (Wildman–Crippen LogP) is 2.90. The van der Waals surface area contributed by atoms with E-state index in [4.69, 9.17) is 14.2 Å². The maximum Gasteiger partial charge on any atom is 0.323 e. The molecule has 0 radical (unpaired) electrons. The molecule has 128 valence electrons. The van der Waals surface area contributed by atoms with Crippen molar-refractivity contribution in [2.45, 2.75) is 45.1 Å². The Morgan fingerprint density at radius 3 is 2.52 bits per heavy atom. The zero-order valence-corrected chi connectivity index (χ0v) is 14.3. The molecule has 1 aliphatic rings. The molecule has 1 aliphatic heterocycles. The normalized spacial score (nSPS) is 19.0. The van der Waals surface area contributed by atoms with Gasteiger partial charge in [0.2, 0.25) is 0 Å². The fourth-order valence-electron chi connectivity index (χ4n) is 3.07. The summed E-state index contributed by atoms with van der Waals surface area (Å²) in [5, 5.41) is 0. The molecule has 5 nitrogen and oxygen atoms in total. The van der Waals surface area contributed by atoms with Crippen molar-refractivity contribution in [1.29, 1.82) is 0 Å². The molecule has 1 atom stereocenters. The van der Waals surface area contributed by atoms with Gasteiger partial charge in [-0.2, -0.15) is 0 Å². The molecule has 1 aromatic rings. The first-order valence-corrected chi connectivity index (χ1v) is 8.24. The Kier molecular flexibility index (Phi) is 7.02. The minimum atomic E-state index is -0.341. The summed E-state index contributed by atoms with van der Waals surface area (Å²) in [4.78, 5) is 14.3. The number of rotatable bonds is 7. The van der Waals surface area contributed by atoms with Gasteiger partial charge in [0, 0.05) is 26.3 Å². The van der Waals surface area contributed by atoms with Crippen molar-refractivity contribution in [2.75, 3.05) is 27.4 Å². The molecule has 1 saturated heterocycles. The third-order valence-corrected chi connectivity index (χ3v) is 4.24. The molecule has 1 fully saturated rings. The Hall–Kier alpha value is -1.43. The lowest BCUT2D eigenvalue weighted by atomic mass is 10.0. The second-order valence-electron chi connectivity index (χ2n) is 5.78. The number of methoxy groups -OCH3 is 2. The quantitative estimate of drug-likeness (QED) is 0.571. The van der Waals surface area contributed by atoms with Crippen molar-refractivity contribution in [2.24, 2.45) is 0 Å². The lowest BCUT2D eigenvalue weighted by Gasteiger charge is -2.34. The van der Waals surface area contributed by atoms with Gasteiger partial charge in [-0.05, 0) is 31.9 Å². The number of carbonyl (C=O) groups excluding carboxylic acids is 1. The fraction of sp³-hybridized carbons (Fsp3) is 0.611. The van der Waals surface area contributed by atoms with Gasteiger partial charge in [0.15, 0.2) is 6.29 Å². The maximum atomic E-state index is 12.1. The Labute approximate surface area is 138 Å². The molecule has 1 unspecified atom stereocenters. The monoisotopic (exact) mass is 321 g/mol. The average molecular weight is 321 g/mol. The van der Waals surface area contributed by atoms with E-state index in [0.717, 1.165) is 37.9 Å². The molecule has 0 aliphatic carbocycles. The summed E-state index contributed by atoms with van der Waals surface area (Å²) < 4.78 is 15.7. The van der Waals surface area contributed by atoms with E-state index in [-0.39, 0.29) is 18.3 Å². The first-order valence-electron chi connectivity index (χ1n) is 8.24. The van der Waals surface area contributed by atoms with Crippen molar-refractivity contribution in [3.05, 3.63) is 35.4 Å². The van der Waals surface area contributed by atoms with Gasteiger partial charge < -0.3 is 14.2 Å². The van der Waals surface area contributed by atoms with Crippen LogP contribution < -0.4 is 0 Å². The van der Waals surface area contributed by atoms with Gasteiger partial charge in [0.05, 0.1) is 6.61 Å². The number of hydrogen-bond donors (Lipinski definition) is 0. The van der Waals surface area contributed by atoms with Gasteiger partial charge in [-0.25, -0.2) is 0 Å². The van der Waals surface area contributed by atoms with E-state index in [9.17, 15) is 4.79 Å². The molecule has 1 heterocycles. The highest BCUT2D eigenvalue weighted by atomic mass is 16.7. The van der Waals surface area contributed by atoms with E-state index in [0.29, 0.717) is 6.61 Å². The van der Waals surface area contributed by atoms with Gasteiger partial charge in [-0.15, -0.1) is 0 Å². The van der Waals surface area contributed by atoms with Gasteiger partial charge in [-0.3, -0.25) is 9.69 Å². The minimum absolute atomic E-state index is 0.0948. The van der Waals surface area contributed by atoms with Crippen LogP contribution in [0, 0.1) is 0 Å². The number of likely N-dealkylation sites (tertiary alicyclic amines) is 1. The Morgan fingerprint density at radius 2 is 1.91 bits per heavy atom. The first-order chi connectivity index (χ1) is 11.2. The summed E-state index contributed by atoms with van der Waals surface area (Å²) in [6.45, 7) is 3.98. The Bertz CT molecular complexity index is 484. The number of hydrogen-bond acceptors (Lipinski definition) is 5. The summed E-state index contributed by atoms with van der Waals surface area (Å²) >= 11 is 0. The number of esters is 1. The highest BCUT2D eigenvalue weighted by Gasteiger charge is 2.29. The molecule has 23 heavy (non-hydrogen) atoms. The standard InChI is InChI=1S/C18H27NO4/c1-4-23-17(20)16-7-5-6-12-19(16)13-14-8-10-15(11-9-14)18(21-2)22-3/h8-11,16,18H,4-7,12-13H2,1-3H3. The van der Waals surface area contributed by atoms with Gasteiger partial charge in [0.25, 0.3) is 0 Å². The van der Waals surface area contributed by atoms with Crippen LogP contribution in [-0.4, -0.2) is 44.3 Å². The number of nitrogens with zero attached hydrogens (tertiary/aromatic N) is 1. The molecule has 2 rings (SSSR count). The third-order valence-electron chi connectivity index (χ3n) is 4.24. The van der Waals surface area contributed by atoms with E-state index < -0.39 is 0 Å². The number of piperidine rings is 1. The van der Waals surface area contributed by atoms with Crippen molar-refractivity contribution in [3.63, 3.8) is 0 Å². The average Bonchev–Trinajstić information content (AvgIpc) is 2.58. The molecule has 5 heteroatoms. The van der Waals surface area contributed by atoms with Crippen LogP contribution in [0.4, 0.5) is 0 Å². The highest BCUT2D eigenvalue weighted by Crippen LogP contribution is 2.22. The molecule has 0 saturated carbocycles. The van der Waals surface area contributed by atoms with E-state index in [1.165, 1.54) is 5.56 Å². The van der Waals surface area contributed by atoms with E-state index in [2.05, 4.69) is 17.0 Å². The lowest BCUT2D eigenvalue weighted by molar-refractivity contribution is -0.151. The summed E-state index contributed by atoms with van der Waals surface area (Å²) in [5.74, 6) is -0.0948. The zero-order valence-electron chi connectivity index (χ0n) is 14.3. The smallest absolute Gasteiger partial charge is 0.323 e. The van der Waals surface area contributed by atoms with Crippen LogP contribution in [0.1, 0.15) is 43.6 Å². The van der Waals surface area contributed by atoms with Crippen molar-refractivity contribution >= 4 is 5.97 Å². The highest BCUT2D eigenvalue weighted by molar-refractivity contribution is 5.75. The molecule has 0 N–H and O–H groups in total.